The monoisotopic (exact) mass is 476 g/mol. The molecule has 35 heavy (non-hydrogen) atoms. The number of carbonyl (C=O) groups is 3. The Labute approximate surface area is 205 Å². The molecule has 0 saturated carbocycles. The smallest absolute Gasteiger partial charge is 0.251 e. The maximum absolute atomic E-state index is 12.8. The molecule has 3 amide bonds. The van der Waals surface area contributed by atoms with Crippen LogP contribution in [0.2, 0.25) is 0 Å². The minimum absolute atomic E-state index is 0.127. The Bertz CT molecular complexity index is 1170. The molecule has 9 heteroatoms. The molecule has 0 radical (unpaired) electrons. The third-order valence-electron chi connectivity index (χ3n) is 6.13. The van der Waals surface area contributed by atoms with Crippen molar-refractivity contribution in [2.45, 2.75) is 32.2 Å². The maximum Gasteiger partial charge on any atom is 0.251 e. The lowest BCUT2D eigenvalue weighted by Crippen LogP contribution is -2.32. The normalized spacial score (nSPS) is 16.1. The standard InChI is InChI=1S/C26H32N6O3/c1-4-5-10-27-25(34)17-7-9-21-19(14-17)22(26(35)31-21)23-29-15-18-13-16(6-8-20(18)30-23)24(33)28-11-12-32(2)3/h6-9,13-14,22H,4-5,10-12,15H2,1-3H3,(H,27,34)(H,28,33)(H,29,30)(H,31,35). The summed E-state index contributed by atoms with van der Waals surface area (Å²) in [6.45, 7) is 4.37. The summed E-state index contributed by atoms with van der Waals surface area (Å²) < 4.78 is 0. The quantitative estimate of drug-likeness (QED) is 0.415. The predicted molar refractivity (Wildman–Crippen MR) is 137 cm³/mol. The van der Waals surface area contributed by atoms with Gasteiger partial charge in [-0.05, 0) is 68.0 Å². The molecule has 4 rings (SSSR count). The van der Waals surface area contributed by atoms with Crippen LogP contribution < -0.4 is 21.3 Å². The average molecular weight is 477 g/mol. The highest BCUT2D eigenvalue weighted by Crippen LogP contribution is 2.36. The molecular formula is C26H32N6O3. The molecule has 1 unspecified atom stereocenters. The van der Waals surface area contributed by atoms with Gasteiger partial charge >= 0.3 is 0 Å². The highest BCUT2D eigenvalue weighted by atomic mass is 16.2. The van der Waals surface area contributed by atoms with E-state index in [4.69, 9.17) is 0 Å². The second-order valence-corrected chi connectivity index (χ2v) is 9.09. The van der Waals surface area contributed by atoms with E-state index >= 15 is 0 Å². The van der Waals surface area contributed by atoms with Gasteiger partial charge in [-0.1, -0.05) is 13.3 Å². The molecule has 2 aromatic rings. The number of hydrogen-bond donors (Lipinski definition) is 4. The first-order valence-corrected chi connectivity index (χ1v) is 12.0. The van der Waals surface area contributed by atoms with E-state index in [0.29, 0.717) is 42.3 Å². The van der Waals surface area contributed by atoms with Crippen LogP contribution in [0.25, 0.3) is 0 Å². The number of fused-ring (bicyclic) bond motifs is 2. The van der Waals surface area contributed by atoms with Gasteiger partial charge in [0.25, 0.3) is 11.8 Å². The molecule has 2 aliphatic heterocycles. The third kappa shape index (κ3) is 5.51. The SMILES string of the molecule is CCCCNC(=O)c1ccc2c(c1)C(C1=NCc3cc(C(=O)NCCN(C)C)ccc3N1)C(=O)N2. The van der Waals surface area contributed by atoms with Crippen LogP contribution >= 0.6 is 0 Å². The number of anilines is 2. The fourth-order valence-corrected chi connectivity index (χ4v) is 4.15. The number of hydrogen-bond acceptors (Lipinski definition) is 6. The molecule has 0 aliphatic carbocycles. The first kappa shape index (κ1) is 24.4. The summed E-state index contributed by atoms with van der Waals surface area (Å²) in [7, 11) is 3.91. The lowest BCUT2D eigenvalue weighted by molar-refractivity contribution is -0.115. The minimum atomic E-state index is -0.629. The van der Waals surface area contributed by atoms with Gasteiger partial charge in [0.1, 0.15) is 11.8 Å². The summed E-state index contributed by atoms with van der Waals surface area (Å²) in [6.07, 6.45) is 1.92. The number of amides is 3. The number of amidine groups is 1. The second-order valence-electron chi connectivity index (χ2n) is 9.09. The molecule has 2 aliphatic rings. The minimum Gasteiger partial charge on any atom is -0.352 e. The van der Waals surface area contributed by atoms with Gasteiger partial charge in [0.05, 0.1) is 6.54 Å². The fourth-order valence-electron chi connectivity index (χ4n) is 4.15. The molecule has 2 heterocycles. The number of aliphatic imine (C=N–C) groups is 1. The van der Waals surface area contributed by atoms with Crippen molar-refractivity contribution in [2.75, 3.05) is 44.4 Å². The Morgan fingerprint density at radius 1 is 1.00 bits per heavy atom. The Morgan fingerprint density at radius 2 is 1.69 bits per heavy atom. The van der Waals surface area contributed by atoms with Crippen molar-refractivity contribution in [2.24, 2.45) is 4.99 Å². The molecule has 2 aromatic carbocycles. The van der Waals surface area contributed by atoms with Crippen LogP contribution in [0.5, 0.6) is 0 Å². The molecule has 9 nitrogen and oxygen atoms in total. The summed E-state index contributed by atoms with van der Waals surface area (Å²) in [4.78, 5) is 44.5. The number of carbonyl (C=O) groups excluding carboxylic acids is 3. The highest BCUT2D eigenvalue weighted by molar-refractivity contribution is 6.22. The first-order chi connectivity index (χ1) is 16.9. The van der Waals surface area contributed by atoms with E-state index in [9.17, 15) is 14.4 Å². The summed E-state index contributed by atoms with van der Waals surface area (Å²) in [6, 6.07) is 10.7. The summed E-state index contributed by atoms with van der Waals surface area (Å²) in [5, 5.41) is 12.0. The van der Waals surface area contributed by atoms with E-state index in [-0.39, 0.29) is 17.7 Å². The van der Waals surface area contributed by atoms with Crippen molar-refractivity contribution < 1.29 is 14.4 Å². The van der Waals surface area contributed by atoms with Gasteiger partial charge < -0.3 is 26.2 Å². The van der Waals surface area contributed by atoms with Crippen molar-refractivity contribution in [1.29, 1.82) is 0 Å². The first-order valence-electron chi connectivity index (χ1n) is 12.0. The van der Waals surface area contributed by atoms with Crippen LogP contribution in [-0.2, 0) is 11.3 Å². The predicted octanol–water partition coefficient (Wildman–Crippen LogP) is 2.57. The molecule has 0 fully saturated rings. The van der Waals surface area contributed by atoms with Crippen molar-refractivity contribution in [3.63, 3.8) is 0 Å². The number of nitrogens with zero attached hydrogens (tertiary/aromatic N) is 2. The molecule has 0 bridgehead atoms. The molecule has 0 spiro atoms. The van der Waals surface area contributed by atoms with Gasteiger partial charge in [-0.2, -0.15) is 0 Å². The van der Waals surface area contributed by atoms with E-state index in [1.165, 1.54) is 0 Å². The van der Waals surface area contributed by atoms with Crippen LogP contribution in [0.4, 0.5) is 11.4 Å². The highest BCUT2D eigenvalue weighted by Gasteiger charge is 2.36. The van der Waals surface area contributed by atoms with Crippen LogP contribution in [0.3, 0.4) is 0 Å². The van der Waals surface area contributed by atoms with Gasteiger partial charge in [0.2, 0.25) is 5.91 Å². The Morgan fingerprint density at radius 3 is 2.40 bits per heavy atom. The van der Waals surface area contributed by atoms with Gasteiger partial charge in [0.15, 0.2) is 0 Å². The zero-order valence-corrected chi connectivity index (χ0v) is 20.4. The Balaban J connectivity index is 1.49. The topological polar surface area (TPSA) is 115 Å². The zero-order chi connectivity index (χ0) is 24.9. The van der Waals surface area contributed by atoms with Crippen molar-refractivity contribution >= 4 is 34.9 Å². The summed E-state index contributed by atoms with van der Waals surface area (Å²) >= 11 is 0. The molecule has 4 N–H and O–H groups in total. The van der Waals surface area contributed by atoms with E-state index in [1.807, 2.05) is 31.1 Å². The number of likely N-dealkylation sites (N-methyl/N-ethyl adjacent to an activating group) is 1. The number of nitrogens with one attached hydrogen (secondary N) is 4. The lowest BCUT2D eigenvalue weighted by Gasteiger charge is -2.22. The van der Waals surface area contributed by atoms with Gasteiger partial charge in [-0.3, -0.25) is 19.4 Å². The lowest BCUT2D eigenvalue weighted by atomic mass is 9.95. The third-order valence-corrected chi connectivity index (χ3v) is 6.13. The van der Waals surface area contributed by atoms with E-state index in [2.05, 4.69) is 33.2 Å². The Hall–Kier alpha value is -3.72. The van der Waals surface area contributed by atoms with E-state index in [0.717, 1.165) is 36.2 Å². The van der Waals surface area contributed by atoms with Crippen LogP contribution in [0.15, 0.2) is 41.4 Å². The second kappa shape index (κ2) is 10.7. The largest absolute Gasteiger partial charge is 0.352 e. The molecular weight excluding hydrogens is 444 g/mol. The molecule has 1 atom stereocenters. The molecule has 0 saturated heterocycles. The van der Waals surface area contributed by atoms with Gasteiger partial charge in [0, 0.05) is 42.1 Å². The zero-order valence-electron chi connectivity index (χ0n) is 20.4. The average Bonchev–Trinajstić information content (AvgIpc) is 3.18. The molecule has 0 aromatic heterocycles. The Kier molecular flexibility index (Phi) is 7.45. The van der Waals surface area contributed by atoms with Crippen LogP contribution in [-0.4, -0.2) is 62.2 Å². The fraction of sp³-hybridized carbons (Fsp3) is 0.385. The van der Waals surface area contributed by atoms with Crippen molar-refractivity contribution in [3.05, 3.63) is 58.7 Å². The maximum atomic E-state index is 12.8. The van der Waals surface area contributed by atoms with Crippen LogP contribution in [0, 0.1) is 0 Å². The van der Waals surface area contributed by atoms with Crippen molar-refractivity contribution in [3.8, 4) is 0 Å². The van der Waals surface area contributed by atoms with Gasteiger partial charge in [-0.25, -0.2) is 0 Å². The number of unbranched alkanes of at least 4 members (excludes halogenated alkanes) is 1. The summed E-state index contributed by atoms with van der Waals surface area (Å²) in [5.41, 5.74) is 4.20. The van der Waals surface area contributed by atoms with Crippen LogP contribution in [0.1, 0.15) is 57.5 Å². The molecule has 184 valence electrons. The summed E-state index contributed by atoms with van der Waals surface area (Å²) in [5.74, 6) is -0.566. The number of rotatable bonds is 9. The van der Waals surface area contributed by atoms with Gasteiger partial charge in [-0.15, -0.1) is 0 Å². The number of benzene rings is 2. The van der Waals surface area contributed by atoms with Crippen molar-refractivity contribution in [1.82, 2.24) is 15.5 Å². The van der Waals surface area contributed by atoms with E-state index in [1.54, 1.807) is 24.3 Å². The van der Waals surface area contributed by atoms with E-state index < -0.39 is 5.92 Å².